The maximum absolute atomic E-state index is 13.5. The van der Waals surface area contributed by atoms with Crippen molar-refractivity contribution in [3.8, 4) is 17.0 Å². The number of carboxylic acid groups (broad SMARTS) is 1. The highest BCUT2D eigenvalue weighted by Gasteiger charge is 2.24. The van der Waals surface area contributed by atoms with Gasteiger partial charge in [0.15, 0.2) is 0 Å². The van der Waals surface area contributed by atoms with Gasteiger partial charge in [-0.15, -0.1) is 0 Å². The van der Waals surface area contributed by atoms with E-state index in [0.717, 1.165) is 5.56 Å². The topological polar surface area (TPSA) is 206 Å². The Balaban J connectivity index is 1.52. The lowest BCUT2D eigenvalue weighted by Crippen LogP contribution is -2.39. The van der Waals surface area contributed by atoms with Gasteiger partial charge >= 0.3 is 12.1 Å². The Kier molecular flexibility index (Phi) is 13.2. The quantitative estimate of drug-likeness (QED) is 0.0614. The zero-order valence-corrected chi connectivity index (χ0v) is 28.7. The van der Waals surface area contributed by atoms with E-state index in [1.807, 2.05) is 44.2 Å². The molecule has 1 aromatic heterocycles. The number of hydrogen-bond donors (Lipinski definition) is 6. The van der Waals surface area contributed by atoms with E-state index >= 15 is 0 Å². The molecule has 0 aliphatic heterocycles. The Labute approximate surface area is 296 Å². The molecule has 3 aromatic carbocycles. The molecule has 7 N–H and O–H groups in total. The molecule has 0 bridgehead atoms. The number of nitrogens with one attached hydrogen (secondary N) is 4. The predicted molar refractivity (Wildman–Crippen MR) is 193 cm³/mol. The Morgan fingerprint density at radius 2 is 1.59 bits per heavy atom. The first kappa shape index (κ1) is 37.6. The summed E-state index contributed by atoms with van der Waals surface area (Å²) in [5.74, 6) is -2.16. The summed E-state index contributed by atoms with van der Waals surface area (Å²) in [6.07, 6.45) is 0.463. The molecule has 0 fully saturated rings. The molecule has 4 aromatic rings. The molecule has 0 unspecified atom stereocenters. The summed E-state index contributed by atoms with van der Waals surface area (Å²) in [6, 6.07) is 22.6. The van der Waals surface area contributed by atoms with Crippen LogP contribution in [0.25, 0.3) is 11.1 Å². The van der Waals surface area contributed by atoms with Gasteiger partial charge < -0.3 is 36.3 Å². The summed E-state index contributed by atoms with van der Waals surface area (Å²) >= 11 is 0. The molecule has 0 aliphatic carbocycles. The monoisotopic (exact) mass is 694 g/mol. The van der Waals surface area contributed by atoms with Crippen LogP contribution in [0.4, 0.5) is 10.5 Å². The standard InChI is InChI=1S/C38H42N6O7/c1-4-50-32-17-16-30(33(44-32)36(46)42-27-13-10-25(11-14-27)34(39)40)29-15-12-26(21-31(29)37(47)48)35(45)43-28(20-23(2)3)18-19-41-38(49)51-22-24-8-6-5-7-9-24/h5-17,21,23,28H,4,18-20,22H2,1-3H3,(H3,39,40)(H,41,49)(H,42,46)(H,43,45)(H,47,48)/t28-/m1/s1. The number of pyridine rings is 1. The molecular weight excluding hydrogens is 652 g/mol. The SMILES string of the molecule is CCOc1ccc(-c2ccc(C(=O)N[C@H](CCNC(=O)OCc3ccccc3)CC(C)C)cc2C(=O)O)c(C(=O)Nc2ccc(C(=N)N)cc2)n1. The summed E-state index contributed by atoms with van der Waals surface area (Å²) in [5, 5.41) is 26.2. The Bertz CT molecular complexity index is 1860. The maximum atomic E-state index is 13.5. The average Bonchev–Trinajstić information content (AvgIpc) is 3.11. The van der Waals surface area contributed by atoms with Gasteiger partial charge in [-0.2, -0.15) is 0 Å². The highest BCUT2D eigenvalue weighted by Crippen LogP contribution is 2.30. The van der Waals surface area contributed by atoms with Crippen LogP contribution in [0.5, 0.6) is 5.88 Å². The van der Waals surface area contributed by atoms with Crippen molar-refractivity contribution in [1.82, 2.24) is 15.6 Å². The van der Waals surface area contributed by atoms with E-state index in [1.165, 1.54) is 24.3 Å². The van der Waals surface area contributed by atoms with E-state index in [0.29, 0.717) is 24.1 Å². The minimum atomic E-state index is -1.31. The molecule has 4 rings (SSSR count). The number of aromatic nitrogens is 1. The molecule has 0 radical (unpaired) electrons. The van der Waals surface area contributed by atoms with Gasteiger partial charge in [0.05, 0.1) is 12.2 Å². The van der Waals surface area contributed by atoms with E-state index in [2.05, 4.69) is 20.9 Å². The largest absolute Gasteiger partial charge is 0.478 e. The molecule has 1 heterocycles. The number of carbonyl (C=O) groups excluding carboxylic acids is 3. The van der Waals surface area contributed by atoms with Crippen molar-refractivity contribution < 1.29 is 33.8 Å². The zero-order valence-electron chi connectivity index (χ0n) is 28.7. The number of anilines is 1. The first-order valence-electron chi connectivity index (χ1n) is 16.5. The van der Waals surface area contributed by atoms with Gasteiger partial charge in [-0.25, -0.2) is 14.6 Å². The first-order chi connectivity index (χ1) is 24.4. The number of rotatable bonds is 16. The van der Waals surface area contributed by atoms with Crippen molar-refractivity contribution in [2.75, 3.05) is 18.5 Å². The Hall–Kier alpha value is -6.24. The number of nitrogens with two attached hydrogens (primary N) is 1. The molecule has 3 amide bonds. The third-order valence-corrected chi connectivity index (χ3v) is 7.70. The van der Waals surface area contributed by atoms with Crippen LogP contribution in [-0.2, 0) is 11.3 Å². The molecule has 1 atom stereocenters. The van der Waals surface area contributed by atoms with E-state index in [-0.39, 0.29) is 71.4 Å². The van der Waals surface area contributed by atoms with Gasteiger partial charge in [-0.1, -0.05) is 50.2 Å². The summed E-state index contributed by atoms with van der Waals surface area (Å²) in [7, 11) is 0. The van der Waals surface area contributed by atoms with Crippen LogP contribution in [0, 0.1) is 11.3 Å². The number of nitrogen functional groups attached to an aromatic ring is 1. The fourth-order valence-electron chi connectivity index (χ4n) is 5.29. The molecule has 0 aliphatic rings. The Morgan fingerprint density at radius 3 is 2.24 bits per heavy atom. The number of benzene rings is 3. The zero-order chi connectivity index (χ0) is 36.9. The number of nitrogens with zero attached hydrogens (tertiary/aromatic N) is 1. The van der Waals surface area contributed by atoms with E-state index in [4.69, 9.17) is 20.6 Å². The van der Waals surface area contributed by atoms with Crippen molar-refractivity contribution in [2.24, 2.45) is 11.7 Å². The number of carbonyl (C=O) groups is 4. The van der Waals surface area contributed by atoms with Crippen LogP contribution in [0.15, 0.2) is 84.9 Å². The number of ether oxygens (including phenoxy) is 2. The van der Waals surface area contributed by atoms with Crippen molar-refractivity contribution >= 4 is 35.4 Å². The lowest BCUT2D eigenvalue weighted by molar-refractivity contribution is 0.0697. The van der Waals surface area contributed by atoms with Gasteiger partial charge in [0, 0.05) is 41.0 Å². The second-order valence-electron chi connectivity index (χ2n) is 12.1. The number of alkyl carbamates (subject to hydrolysis) is 1. The Morgan fingerprint density at radius 1 is 0.902 bits per heavy atom. The lowest BCUT2D eigenvalue weighted by atomic mass is 9.95. The molecule has 13 nitrogen and oxygen atoms in total. The molecular formula is C38H42N6O7. The number of aromatic carboxylic acids is 1. The maximum Gasteiger partial charge on any atom is 0.407 e. The minimum absolute atomic E-state index is 0.0944. The molecule has 51 heavy (non-hydrogen) atoms. The van der Waals surface area contributed by atoms with Gasteiger partial charge in [0.25, 0.3) is 11.8 Å². The fourth-order valence-corrected chi connectivity index (χ4v) is 5.29. The van der Waals surface area contributed by atoms with Crippen LogP contribution in [0.3, 0.4) is 0 Å². The number of amides is 3. The van der Waals surface area contributed by atoms with Crippen LogP contribution in [-0.4, -0.2) is 59.0 Å². The van der Waals surface area contributed by atoms with Crippen molar-refractivity contribution in [1.29, 1.82) is 5.41 Å². The van der Waals surface area contributed by atoms with Crippen molar-refractivity contribution in [2.45, 2.75) is 46.3 Å². The third-order valence-electron chi connectivity index (χ3n) is 7.70. The van der Waals surface area contributed by atoms with E-state index in [1.54, 1.807) is 37.3 Å². The predicted octanol–water partition coefficient (Wildman–Crippen LogP) is 5.84. The summed E-state index contributed by atoms with van der Waals surface area (Å²) < 4.78 is 10.8. The third kappa shape index (κ3) is 10.9. The highest BCUT2D eigenvalue weighted by molar-refractivity contribution is 6.10. The second kappa shape index (κ2) is 18.0. The molecule has 13 heteroatoms. The van der Waals surface area contributed by atoms with E-state index < -0.39 is 23.9 Å². The first-order valence-corrected chi connectivity index (χ1v) is 16.5. The highest BCUT2D eigenvalue weighted by atomic mass is 16.5. The normalized spacial score (nSPS) is 11.3. The summed E-state index contributed by atoms with van der Waals surface area (Å²) in [4.78, 5) is 56.1. The van der Waals surface area contributed by atoms with Crippen LogP contribution >= 0.6 is 0 Å². The molecule has 0 saturated carbocycles. The van der Waals surface area contributed by atoms with Gasteiger partial charge in [0.2, 0.25) is 5.88 Å². The summed E-state index contributed by atoms with van der Waals surface area (Å²) in [5.41, 5.74) is 7.46. The number of carboxylic acids is 1. The van der Waals surface area contributed by atoms with Gasteiger partial charge in [-0.3, -0.25) is 15.0 Å². The minimum Gasteiger partial charge on any atom is -0.478 e. The second-order valence-corrected chi connectivity index (χ2v) is 12.1. The molecule has 0 spiro atoms. The van der Waals surface area contributed by atoms with Gasteiger partial charge in [-0.05, 0) is 79.3 Å². The average molecular weight is 695 g/mol. The molecule has 0 saturated heterocycles. The van der Waals surface area contributed by atoms with Crippen molar-refractivity contribution in [3.63, 3.8) is 0 Å². The van der Waals surface area contributed by atoms with Crippen LogP contribution in [0.2, 0.25) is 0 Å². The van der Waals surface area contributed by atoms with Gasteiger partial charge in [0.1, 0.15) is 18.1 Å². The smallest absolute Gasteiger partial charge is 0.407 e. The lowest BCUT2D eigenvalue weighted by Gasteiger charge is -2.21. The number of amidine groups is 1. The number of hydrogen-bond acceptors (Lipinski definition) is 8. The summed E-state index contributed by atoms with van der Waals surface area (Å²) in [6.45, 7) is 6.46. The van der Waals surface area contributed by atoms with Crippen molar-refractivity contribution in [3.05, 3.63) is 113 Å². The van der Waals surface area contributed by atoms with Crippen LogP contribution < -0.4 is 26.4 Å². The fraction of sp³-hybridized carbons (Fsp3) is 0.263. The van der Waals surface area contributed by atoms with E-state index in [9.17, 15) is 24.3 Å². The van der Waals surface area contributed by atoms with Crippen LogP contribution in [0.1, 0.15) is 75.9 Å². The molecule has 266 valence electrons.